The maximum absolute atomic E-state index is 14.2. The van der Waals surface area contributed by atoms with Crippen molar-refractivity contribution in [1.29, 1.82) is 0 Å². The second-order valence-corrected chi connectivity index (χ2v) is 8.01. The number of carboxylic acids is 1. The first-order chi connectivity index (χ1) is 15.8. The molecule has 1 fully saturated rings. The molecule has 0 radical (unpaired) electrons. The number of aliphatic imine (C=N–C) groups is 1. The predicted octanol–water partition coefficient (Wildman–Crippen LogP) is 3.75. The molecule has 2 aromatic rings. The fraction of sp³-hybridized carbons (Fsp3) is 0.292. The average molecular weight is 452 g/mol. The summed E-state index contributed by atoms with van der Waals surface area (Å²) in [5.74, 6) is -0.715. The number of rotatable bonds is 6. The SMILES string of the molecule is C=C(/N=C1/CN(c2cnc3c(c2C)NCCO3)CCC1=C)Nc1ccc(CC(=O)O)c(F)c1. The van der Waals surface area contributed by atoms with E-state index in [2.05, 4.69) is 38.7 Å². The maximum atomic E-state index is 14.2. The monoisotopic (exact) mass is 451 g/mol. The van der Waals surface area contributed by atoms with Crippen LogP contribution in [0.3, 0.4) is 0 Å². The molecule has 0 aliphatic carbocycles. The van der Waals surface area contributed by atoms with Crippen molar-refractivity contribution in [2.24, 2.45) is 4.99 Å². The smallest absolute Gasteiger partial charge is 0.307 e. The largest absolute Gasteiger partial charge is 0.481 e. The number of piperidine rings is 1. The predicted molar refractivity (Wildman–Crippen MR) is 127 cm³/mol. The van der Waals surface area contributed by atoms with E-state index in [1.54, 1.807) is 6.07 Å². The highest BCUT2D eigenvalue weighted by Crippen LogP contribution is 2.35. The Hall–Kier alpha value is -3.88. The van der Waals surface area contributed by atoms with Crippen molar-refractivity contribution in [1.82, 2.24) is 4.98 Å². The second-order valence-electron chi connectivity index (χ2n) is 8.01. The third-order valence-corrected chi connectivity index (χ3v) is 5.65. The van der Waals surface area contributed by atoms with Crippen molar-refractivity contribution in [3.05, 3.63) is 65.9 Å². The Bertz CT molecular complexity index is 1160. The number of aliphatic carboxylic acids is 1. The lowest BCUT2D eigenvalue weighted by atomic mass is 10.0. The number of fused-ring (bicyclic) bond motifs is 1. The standard InChI is InChI=1S/C24H26FN5O3/c1-14-6-8-30(21-12-27-24-23(15(21)2)26-7-9-33-24)13-20(14)29-16(3)28-18-5-4-17(10-22(31)32)19(25)11-18/h4-5,11-12,26,28H,1,3,6-10,13H2,2H3,(H,31,32)/b29-20-. The lowest BCUT2D eigenvalue weighted by Crippen LogP contribution is -2.38. The third-order valence-electron chi connectivity index (χ3n) is 5.65. The number of halogens is 1. The number of nitrogens with one attached hydrogen (secondary N) is 2. The number of ether oxygens (including phenoxy) is 1. The van der Waals surface area contributed by atoms with E-state index < -0.39 is 11.8 Å². The number of benzene rings is 1. The number of pyridine rings is 1. The molecule has 2 aliphatic heterocycles. The minimum atomic E-state index is -1.08. The summed E-state index contributed by atoms with van der Waals surface area (Å²) >= 11 is 0. The van der Waals surface area contributed by atoms with E-state index >= 15 is 0 Å². The van der Waals surface area contributed by atoms with Gasteiger partial charge in [-0.05, 0) is 36.6 Å². The summed E-state index contributed by atoms with van der Waals surface area (Å²) in [6, 6.07) is 4.28. The minimum absolute atomic E-state index is 0.121. The van der Waals surface area contributed by atoms with E-state index in [1.165, 1.54) is 12.1 Å². The zero-order chi connectivity index (χ0) is 23.5. The fourth-order valence-corrected chi connectivity index (χ4v) is 3.92. The Morgan fingerprint density at radius 2 is 2.27 bits per heavy atom. The van der Waals surface area contributed by atoms with E-state index in [9.17, 15) is 9.18 Å². The molecule has 8 nitrogen and oxygen atoms in total. The second kappa shape index (κ2) is 9.32. The molecule has 4 rings (SSSR count). The first-order valence-corrected chi connectivity index (χ1v) is 10.6. The zero-order valence-corrected chi connectivity index (χ0v) is 18.4. The molecular weight excluding hydrogens is 425 g/mol. The highest BCUT2D eigenvalue weighted by Gasteiger charge is 2.24. The van der Waals surface area contributed by atoms with Gasteiger partial charge in [-0.3, -0.25) is 4.79 Å². The molecule has 1 saturated heterocycles. The van der Waals surface area contributed by atoms with Gasteiger partial charge in [0.25, 0.3) is 0 Å². The Kier molecular flexibility index (Phi) is 6.30. The topological polar surface area (TPSA) is 99.1 Å². The highest BCUT2D eigenvalue weighted by atomic mass is 19.1. The molecule has 1 aromatic heterocycles. The average Bonchev–Trinajstić information content (AvgIpc) is 2.77. The van der Waals surface area contributed by atoms with Gasteiger partial charge >= 0.3 is 5.97 Å². The van der Waals surface area contributed by atoms with Crippen LogP contribution in [0.25, 0.3) is 0 Å². The number of hydrogen-bond acceptors (Lipinski definition) is 7. The number of hydrogen-bond donors (Lipinski definition) is 3. The molecule has 0 saturated carbocycles. The van der Waals surface area contributed by atoms with E-state index in [-0.39, 0.29) is 12.0 Å². The van der Waals surface area contributed by atoms with E-state index in [1.807, 2.05) is 13.1 Å². The summed E-state index contributed by atoms with van der Waals surface area (Å²) in [5, 5.41) is 15.2. The van der Waals surface area contributed by atoms with Crippen LogP contribution in [0.15, 0.2) is 53.9 Å². The van der Waals surface area contributed by atoms with Crippen molar-refractivity contribution in [3.63, 3.8) is 0 Å². The van der Waals surface area contributed by atoms with Crippen LogP contribution in [0, 0.1) is 12.7 Å². The molecule has 0 bridgehead atoms. The normalized spacial score (nSPS) is 16.6. The van der Waals surface area contributed by atoms with E-state index in [0.717, 1.165) is 47.7 Å². The molecule has 3 N–H and O–H groups in total. The molecule has 33 heavy (non-hydrogen) atoms. The maximum Gasteiger partial charge on any atom is 0.307 e. The van der Waals surface area contributed by atoms with Gasteiger partial charge in [0, 0.05) is 24.3 Å². The summed E-state index contributed by atoms with van der Waals surface area (Å²) in [4.78, 5) is 22.1. The molecule has 0 unspecified atom stereocenters. The van der Waals surface area contributed by atoms with Crippen LogP contribution in [0.4, 0.5) is 21.5 Å². The van der Waals surface area contributed by atoms with Crippen molar-refractivity contribution in [2.75, 3.05) is 41.8 Å². The summed E-state index contributed by atoms with van der Waals surface area (Å²) < 4.78 is 19.8. The van der Waals surface area contributed by atoms with Crippen molar-refractivity contribution >= 4 is 28.7 Å². The lowest BCUT2D eigenvalue weighted by Gasteiger charge is -2.33. The quantitative estimate of drug-likeness (QED) is 0.615. The first kappa shape index (κ1) is 22.3. The first-order valence-electron chi connectivity index (χ1n) is 10.6. The molecule has 0 spiro atoms. The minimum Gasteiger partial charge on any atom is -0.481 e. The summed E-state index contributed by atoms with van der Waals surface area (Å²) in [7, 11) is 0. The Morgan fingerprint density at radius 1 is 1.45 bits per heavy atom. The van der Waals surface area contributed by atoms with Gasteiger partial charge in [-0.2, -0.15) is 0 Å². The van der Waals surface area contributed by atoms with Crippen LogP contribution in [0.2, 0.25) is 0 Å². The van der Waals surface area contributed by atoms with Crippen LogP contribution in [0.1, 0.15) is 17.5 Å². The van der Waals surface area contributed by atoms with Crippen LogP contribution in [-0.2, 0) is 11.2 Å². The van der Waals surface area contributed by atoms with Crippen molar-refractivity contribution in [3.8, 4) is 5.88 Å². The van der Waals surface area contributed by atoms with Crippen LogP contribution in [0.5, 0.6) is 5.88 Å². The Morgan fingerprint density at radius 3 is 3.03 bits per heavy atom. The van der Waals surface area contributed by atoms with Gasteiger partial charge < -0.3 is 25.4 Å². The molecule has 3 heterocycles. The van der Waals surface area contributed by atoms with Crippen molar-refractivity contribution < 1.29 is 19.0 Å². The van der Waals surface area contributed by atoms with E-state index in [0.29, 0.717) is 30.5 Å². The zero-order valence-electron chi connectivity index (χ0n) is 18.4. The van der Waals surface area contributed by atoms with Gasteiger partial charge in [-0.15, -0.1) is 0 Å². The molecule has 9 heteroatoms. The Balaban J connectivity index is 1.49. The number of nitrogens with zero attached hydrogens (tertiary/aromatic N) is 3. The Labute approximate surface area is 191 Å². The van der Waals surface area contributed by atoms with Gasteiger partial charge in [-0.25, -0.2) is 14.4 Å². The van der Waals surface area contributed by atoms with Crippen LogP contribution in [-0.4, -0.2) is 48.0 Å². The summed E-state index contributed by atoms with van der Waals surface area (Å²) in [5.41, 5.74) is 5.25. The molecular formula is C24H26FN5O3. The van der Waals surface area contributed by atoms with Gasteiger partial charge in [-0.1, -0.05) is 19.2 Å². The van der Waals surface area contributed by atoms with Gasteiger partial charge in [0.1, 0.15) is 23.9 Å². The third kappa shape index (κ3) is 4.97. The van der Waals surface area contributed by atoms with Gasteiger partial charge in [0.2, 0.25) is 5.88 Å². The van der Waals surface area contributed by atoms with Gasteiger partial charge in [0.05, 0.1) is 30.6 Å². The summed E-state index contributed by atoms with van der Waals surface area (Å²) in [6.07, 6.45) is 2.19. The van der Waals surface area contributed by atoms with Gasteiger partial charge in [0.15, 0.2) is 0 Å². The number of carboxylic acid groups (broad SMARTS) is 1. The van der Waals surface area contributed by atoms with Crippen LogP contribution >= 0.6 is 0 Å². The number of carbonyl (C=O) groups is 1. The molecule has 1 aromatic carbocycles. The van der Waals surface area contributed by atoms with Crippen LogP contribution < -0.4 is 20.3 Å². The molecule has 172 valence electrons. The molecule has 2 aliphatic rings. The van der Waals surface area contributed by atoms with E-state index in [4.69, 9.17) is 9.84 Å². The fourth-order valence-electron chi connectivity index (χ4n) is 3.92. The molecule has 0 amide bonds. The lowest BCUT2D eigenvalue weighted by molar-refractivity contribution is -0.136. The molecule has 0 atom stereocenters. The highest BCUT2D eigenvalue weighted by molar-refractivity contribution is 6.04. The number of aromatic nitrogens is 1. The van der Waals surface area contributed by atoms with Crippen molar-refractivity contribution in [2.45, 2.75) is 19.8 Å². The number of anilines is 3. The summed E-state index contributed by atoms with van der Waals surface area (Å²) in [6.45, 7) is 12.8.